The molecular weight excluding hydrogens is 200 g/mol. The van der Waals surface area contributed by atoms with Gasteiger partial charge in [-0.25, -0.2) is 0 Å². The van der Waals surface area contributed by atoms with Gasteiger partial charge < -0.3 is 9.84 Å². The SMILES string of the molecule is CCOc1cccc(C(O)C(C)C(C)C)c1. The number of hydrogen-bond donors (Lipinski definition) is 1. The Kier molecular flexibility index (Phi) is 4.81. The van der Waals surface area contributed by atoms with Gasteiger partial charge in [0.05, 0.1) is 12.7 Å². The van der Waals surface area contributed by atoms with Crippen molar-refractivity contribution in [3.8, 4) is 5.75 Å². The smallest absolute Gasteiger partial charge is 0.119 e. The minimum absolute atomic E-state index is 0.247. The first kappa shape index (κ1) is 13.0. The van der Waals surface area contributed by atoms with Gasteiger partial charge in [0, 0.05) is 0 Å². The molecule has 0 heterocycles. The van der Waals surface area contributed by atoms with Gasteiger partial charge in [0.15, 0.2) is 0 Å². The van der Waals surface area contributed by atoms with Gasteiger partial charge in [0.2, 0.25) is 0 Å². The highest BCUT2D eigenvalue weighted by Crippen LogP contribution is 2.29. The molecule has 0 saturated heterocycles. The van der Waals surface area contributed by atoms with E-state index in [0.29, 0.717) is 12.5 Å². The molecule has 2 unspecified atom stereocenters. The van der Waals surface area contributed by atoms with Crippen molar-refractivity contribution in [1.29, 1.82) is 0 Å². The second kappa shape index (κ2) is 5.90. The highest BCUT2D eigenvalue weighted by Gasteiger charge is 2.19. The Bertz CT molecular complexity index is 320. The molecule has 1 aromatic carbocycles. The van der Waals surface area contributed by atoms with Crippen LogP contribution in [0.1, 0.15) is 39.4 Å². The van der Waals surface area contributed by atoms with Crippen LogP contribution >= 0.6 is 0 Å². The van der Waals surface area contributed by atoms with Crippen molar-refractivity contribution in [1.82, 2.24) is 0 Å². The third kappa shape index (κ3) is 3.24. The van der Waals surface area contributed by atoms with Gasteiger partial charge in [0.25, 0.3) is 0 Å². The maximum atomic E-state index is 10.2. The standard InChI is InChI=1S/C14H22O2/c1-5-16-13-8-6-7-12(9-13)14(15)11(4)10(2)3/h6-11,14-15H,5H2,1-4H3. The molecule has 2 heteroatoms. The summed E-state index contributed by atoms with van der Waals surface area (Å²) in [5, 5.41) is 10.2. The Morgan fingerprint density at radius 2 is 1.94 bits per heavy atom. The Balaban J connectivity index is 2.82. The van der Waals surface area contributed by atoms with E-state index >= 15 is 0 Å². The monoisotopic (exact) mass is 222 g/mol. The summed E-state index contributed by atoms with van der Waals surface area (Å²) in [5.74, 6) is 1.54. The third-order valence-corrected chi connectivity index (χ3v) is 3.06. The van der Waals surface area contributed by atoms with Crippen molar-refractivity contribution < 1.29 is 9.84 Å². The molecule has 2 atom stereocenters. The van der Waals surface area contributed by atoms with Crippen LogP contribution in [0, 0.1) is 11.8 Å². The molecule has 1 aromatic rings. The van der Waals surface area contributed by atoms with Gasteiger partial charge in [0.1, 0.15) is 5.75 Å². The van der Waals surface area contributed by atoms with Crippen LogP contribution in [0.5, 0.6) is 5.75 Å². The van der Waals surface area contributed by atoms with Gasteiger partial charge in [-0.05, 0) is 36.5 Å². The van der Waals surface area contributed by atoms with Crippen LogP contribution in [0.25, 0.3) is 0 Å². The summed E-state index contributed by atoms with van der Waals surface area (Å²) in [4.78, 5) is 0. The van der Waals surface area contributed by atoms with Crippen molar-refractivity contribution in [2.45, 2.75) is 33.8 Å². The van der Waals surface area contributed by atoms with E-state index in [0.717, 1.165) is 11.3 Å². The largest absolute Gasteiger partial charge is 0.494 e. The molecule has 90 valence electrons. The number of rotatable bonds is 5. The Morgan fingerprint density at radius 1 is 1.25 bits per heavy atom. The van der Waals surface area contributed by atoms with Crippen molar-refractivity contribution in [3.63, 3.8) is 0 Å². The third-order valence-electron chi connectivity index (χ3n) is 3.06. The maximum absolute atomic E-state index is 10.2. The number of ether oxygens (including phenoxy) is 1. The van der Waals surface area contributed by atoms with Crippen LogP contribution in [-0.2, 0) is 0 Å². The van der Waals surface area contributed by atoms with Gasteiger partial charge in [-0.15, -0.1) is 0 Å². The van der Waals surface area contributed by atoms with Crippen LogP contribution in [0.3, 0.4) is 0 Å². The second-order valence-corrected chi connectivity index (χ2v) is 4.55. The zero-order valence-electron chi connectivity index (χ0n) is 10.6. The fourth-order valence-corrected chi connectivity index (χ4v) is 1.62. The molecule has 0 amide bonds. The number of aliphatic hydroxyl groups excluding tert-OH is 1. The quantitative estimate of drug-likeness (QED) is 0.827. The Morgan fingerprint density at radius 3 is 2.50 bits per heavy atom. The normalized spacial score (nSPS) is 14.9. The van der Waals surface area contributed by atoms with E-state index in [9.17, 15) is 5.11 Å². The molecule has 0 aliphatic heterocycles. The molecule has 0 aromatic heterocycles. The first-order chi connectivity index (χ1) is 7.56. The topological polar surface area (TPSA) is 29.5 Å². The van der Waals surface area contributed by atoms with Crippen LogP contribution in [0.4, 0.5) is 0 Å². The van der Waals surface area contributed by atoms with Gasteiger partial charge in [-0.3, -0.25) is 0 Å². The number of aliphatic hydroxyl groups is 1. The van der Waals surface area contributed by atoms with E-state index < -0.39 is 6.10 Å². The fourth-order valence-electron chi connectivity index (χ4n) is 1.62. The van der Waals surface area contributed by atoms with E-state index in [2.05, 4.69) is 20.8 Å². The van der Waals surface area contributed by atoms with Crippen LogP contribution < -0.4 is 4.74 Å². The molecule has 0 fully saturated rings. The van der Waals surface area contributed by atoms with Gasteiger partial charge in [-0.1, -0.05) is 32.9 Å². The summed E-state index contributed by atoms with van der Waals surface area (Å²) < 4.78 is 5.43. The predicted molar refractivity (Wildman–Crippen MR) is 66.6 cm³/mol. The maximum Gasteiger partial charge on any atom is 0.119 e. The molecule has 0 saturated carbocycles. The summed E-state index contributed by atoms with van der Waals surface area (Å²) in [6, 6.07) is 7.72. The van der Waals surface area contributed by atoms with Crippen molar-refractivity contribution in [2.75, 3.05) is 6.61 Å². The molecular formula is C14H22O2. The highest BCUT2D eigenvalue weighted by molar-refractivity contribution is 5.30. The summed E-state index contributed by atoms with van der Waals surface area (Å²) in [5.41, 5.74) is 0.937. The summed E-state index contributed by atoms with van der Waals surface area (Å²) in [6.45, 7) is 8.93. The lowest BCUT2D eigenvalue weighted by Crippen LogP contribution is -2.14. The second-order valence-electron chi connectivity index (χ2n) is 4.55. The highest BCUT2D eigenvalue weighted by atomic mass is 16.5. The van der Waals surface area contributed by atoms with E-state index in [-0.39, 0.29) is 5.92 Å². The van der Waals surface area contributed by atoms with Gasteiger partial charge in [-0.2, -0.15) is 0 Å². The van der Waals surface area contributed by atoms with E-state index in [4.69, 9.17) is 4.74 Å². The minimum Gasteiger partial charge on any atom is -0.494 e. The molecule has 0 aliphatic rings. The average molecular weight is 222 g/mol. The summed E-state index contributed by atoms with van der Waals surface area (Å²) in [6.07, 6.45) is -0.416. The van der Waals surface area contributed by atoms with Crippen LogP contribution in [-0.4, -0.2) is 11.7 Å². The van der Waals surface area contributed by atoms with Crippen molar-refractivity contribution in [2.24, 2.45) is 11.8 Å². The van der Waals surface area contributed by atoms with Crippen LogP contribution in [0.2, 0.25) is 0 Å². The minimum atomic E-state index is -0.416. The lowest BCUT2D eigenvalue weighted by atomic mass is 9.88. The molecule has 0 aliphatic carbocycles. The van der Waals surface area contributed by atoms with Crippen molar-refractivity contribution in [3.05, 3.63) is 29.8 Å². The molecule has 2 nitrogen and oxygen atoms in total. The predicted octanol–water partition coefficient (Wildman–Crippen LogP) is 3.41. The molecule has 0 bridgehead atoms. The summed E-state index contributed by atoms with van der Waals surface area (Å²) in [7, 11) is 0. The van der Waals surface area contributed by atoms with Crippen molar-refractivity contribution >= 4 is 0 Å². The Labute approximate surface area is 98.3 Å². The Hall–Kier alpha value is -1.02. The first-order valence-corrected chi connectivity index (χ1v) is 5.97. The zero-order chi connectivity index (χ0) is 12.1. The van der Waals surface area contributed by atoms with E-state index in [1.54, 1.807) is 0 Å². The molecule has 1 N–H and O–H groups in total. The van der Waals surface area contributed by atoms with E-state index in [1.165, 1.54) is 0 Å². The molecule has 1 rings (SSSR count). The molecule has 0 radical (unpaired) electrons. The van der Waals surface area contributed by atoms with Gasteiger partial charge >= 0.3 is 0 Å². The first-order valence-electron chi connectivity index (χ1n) is 5.97. The number of benzene rings is 1. The lowest BCUT2D eigenvalue weighted by Gasteiger charge is -2.22. The number of hydrogen-bond acceptors (Lipinski definition) is 2. The molecule has 16 heavy (non-hydrogen) atoms. The summed E-state index contributed by atoms with van der Waals surface area (Å²) >= 11 is 0. The fraction of sp³-hybridized carbons (Fsp3) is 0.571. The molecule has 0 spiro atoms. The van der Waals surface area contributed by atoms with E-state index in [1.807, 2.05) is 31.2 Å². The lowest BCUT2D eigenvalue weighted by molar-refractivity contribution is 0.0918. The zero-order valence-corrected chi connectivity index (χ0v) is 10.6. The average Bonchev–Trinajstić information content (AvgIpc) is 2.28. The van der Waals surface area contributed by atoms with Crippen LogP contribution in [0.15, 0.2) is 24.3 Å².